The van der Waals surface area contributed by atoms with Gasteiger partial charge < -0.3 is 19.4 Å². The Labute approximate surface area is 513 Å². The summed E-state index contributed by atoms with van der Waals surface area (Å²) >= 11 is 0. The van der Waals surface area contributed by atoms with E-state index in [1.807, 2.05) is 33.3 Å². The number of phosphoric acid groups is 1. The average molecular weight is 1180 g/mol. The lowest BCUT2D eigenvalue weighted by molar-refractivity contribution is -0.870. The first-order chi connectivity index (χ1) is 40.4. The average Bonchev–Trinajstić information content (AvgIpc) is 3.51. The number of nitrogens with one attached hydrogen (secondary N) is 1. The highest BCUT2D eigenvalue weighted by atomic mass is 31.2. The molecule has 10 heteroatoms. The molecular formula is C73H132N2O7P+. The van der Waals surface area contributed by atoms with E-state index in [0.29, 0.717) is 23.9 Å². The van der Waals surface area contributed by atoms with Gasteiger partial charge in [-0.05, 0) is 115 Å². The van der Waals surface area contributed by atoms with Crippen LogP contribution in [0.25, 0.3) is 0 Å². The van der Waals surface area contributed by atoms with E-state index >= 15 is 0 Å². The SMILES string of the molecule is CCCCC/C=C\C/C=C\C/C=C\C/C=C\CCCCCC(=O)OC(/C=C\CCCCCCCCCCC)C(COP(=O)(O)OCC[N+](C)(C)C)NC(=O)CCCCCCCCCCCCCCCC/C=C\C/C=C\C/C=C\CCCCC. The first-order valence-corrected chi connectivity index (χ1v) is 36.1. The van der Waals surface area contributed by atoms with Gasteiger partial charge in [0.2, 0.25) is 5.91 Å². The van der Waals surface area contributed by atoms with Crippen molar-refractivity contribution in [3.05, 3.63) is 97.2 Å². The van der Waals surface area contributed by atoms with E-state index in [1.54, 1.807) is 0 Å². The maximum absolute atomic E-state index is 13.6. The largest absolute Gasteiger partial charge is 0.472 e. The number of nitrogens with zero attached hydrogens (tertiary/aromatic N) is 1. The lowest BCUT2D eigenvalue weighted by Gasteiger charge is -2.27. The number of phosphoric ester groups is 1. The maximum Gasteiger partial charge on any atom is 0.472 e. The van der Waals surface area contributed by atoms with Crippen LogP contribution in [0.15, 0.2) is 97.2 Å². The van der Waals surface area contributed by atoms with Gasteiger partial charge in [0, 0.05) is 12.8 Å². The van der Waals surface area contributed by atoms with Crippen LogP contribution in [0.3, 0.4) is 0 Å². The number of hydrogen-bond donors (Lipinski definition) is 2. The molecule has 0 aliphatic carbocycles. The summed E-state index contributed by atoms with van der Waals surface area (Å²) in [4.78, 5) is 37.8. The number of rotatable bonds is 62. The molecule has 3 atom stereocenters. The number of carbonyl (C=O) groups excluding carboxylic acids is 2. The Kier molecular flexibility index (Phi) is 59.7. The first kappa shape index (κ1) is 79.9. The van der Waals surface area contributed by atoms with Crippen molar-refractivity contribution in [3.63, 3.8) is 0 Å². The van der Waals surface area contributed by atoms with Crippen molar-refractivity contribution in [1.82, 2.24) is 5.32 Å². The summed E-state index contributed by atoms with van der Waals surface area (Å²) in [5, 5.41) is 3.06. The molecule has 9 nitrogen and oxygen atoms in total. The summed E-state index contributed by atoms with van der Waals surface area (Å²) in [6, 6.07) is -0.867. The fourth-order valence-corrected chi connectivity index (χ4v) is 10.4. The summed E-state index contributed by atoms with van der Waals surface area (Å²) in [6.45, 7) is 6.94. The third kappa shape index (κ3) is 63.3. The molecule has 3 unspecified atom stereocenters. The molecule has 2 N–H and O–H groups in total. The van der Waals surface area contributed by atoms with Gasteiger partial charge in [-0.15, -0.1) is 0 Å². The molecule has 0 radical (unpaired) electrons. The Bertz CT molecular complexity index is 1740. The Balaban J connectivity index is 5.07. The Morgan fingerprint density at radius 2 is 0.735 bits per heavy atom. The fraction of sp³-hybridized carbons (Fsp3) is 0.753. The predicted molar refractivity (Wildman–Crippen MR) is 360 cm³/mol. The van der Waals surface area contributed by atoms with E-state index in [-0.39, 0.29) is 31.5 Å². The van der Waals surface area contributed by atoms with Gasteiger partial charge in [-0.1, -0.05) is 272 Å². The number of esters is 1. The second-order valence-corrected chi connectivity index (χ2v) is 25.8. The molecule has 83 heavy (non-hydrogen) atoms. The van der Waals surface area contributed by atoms with Gasteiger partial charge in [-0.3, -0.25) is 18.6 Å². The summed E-state index contributed by atoms with van der Waals surface area (Å²) in [5.74, 6) is -0.540. The van der Waals surface area contributed by atoms with Crippen LogP contribution in [0.5, 0.6) is 0 Å². The fourth-order valence-electron chi connectivity index (χ4n) is 9.64. The topological polar surface area (TPSA) is 111 Å². The van der Waals surface area contributed by atoms with E-state index in [4.69, 9.17) is 13.8 Å². The molecule has 0 rings (SSSR count). The van der Waals surface area contributed by atoms with Crippen LogP contribution in [0.4, 0.5) is 0 Å². The van der Waals surface area contributed by atoms with E-state index in [2.05, 4.69) is 111 Å². The van der Waals surface area contributed by atoms with Crippen LogP contribution in [0, 0.1) is 0 Å². The normalized spacial score (nSPS) is 14.2. The second-order valence-electron chi connectivity index (χ2n) is 24.3. The van der Waals surface area contributed by atoms with Crippen LogP contribution >= 0.6 is 7.82 Å². The molecule has 0 aromatic carbocycles. The molecular weight excluding hydrogens is 1050 g/mol. The summed E-state index contributed by atoms with van der Waals surface area (Å²) in [5.41, 5.74) is 0. The Hall–Kier alpha value is -3.07. The number of quaternary nitrogens is 1. The van der Waals surface area contributed by atoms with E-state index in [0.717, 1.165) is 89.9 Å². The molecule has 0 saturated heterocycles. The number of carbonyl (C=O) groups is 2. The zero-order chi connectivity index (χ0) is 60.7. The highest BCUT2D eigenvalue weighted by Crippen LogP contribution is 2.43. The highest BCUT2D eigenvalue weighted by Gasteiger charge is 2.30. The minimum absolute atomic E-state index is 0.0313. The zero-order valence-electron chi connectivity index (χ0n) is 54.9. The quantitative estimate of drug-likeness (QED) is 0.0205. The number of allylic oxidation sites excluding steroid dienone is 15. The minimum Gasteiger partial charge on any atom is -0.456 e. The Morgan fingerprint density at radius 3 is 1.13 bits per heavy atom. The van der Waals surface area contributed by atoms with Crippen molar-refractivity contribution in [2.45, 2.75) is 315 Å². The van der Waals surface area contributed by atoms with Crippen molar-refractivity contribution in [1.29, 1.82) is 0 Å². The molecule has 1 amide bonds. The lowest BCUT2D eigenvalue weighted by Crippen LogP contribution is -2.47. The monoisotopic (exact) mass is 1180 g/mol. The minimum atomic E-state index is -4.46. The van der Waals surface area contributed by atoms with Crippen molar-refractivity contribution in [2.24, 2.45) is 0 Å². The third-order valence-electron chi connectivity index (χ3n) is 15.0. The second kappa shape index (κ2) is 62.0. The van der Waals surface area contributed by atoms with Crippen molar-refractivity contribution < 1.29 is 37.3 Å². The number of unbranched alkanes of at least 4 members (excludes halogenated alkanes) is 32. The summed E-state index contributed by atoms with van der Waals surface area (Å²) in [7, 11) is 1.47. The van der Waals surface area contributed by atoms with Gasteiger partial charge in [-0.2, -0.15) is 0 Å². The van der Waals surface area contributed by atoms with Crippen LogP contribution in [0.2, 0.25) is 0 Å². The van der Waals surface area contributed by atoms with Crippen LogP contribution in [-0.4, -0.2) is 74.3 Å². The molecule has 0 fully saturated rings. The zero-order valence-corrected chi connectivity index (χ0v) is 55.8. The molecule has 0 aromatic heterocycles. The van der Waals surface area contributed by atoms with Crippen LogP contribution in [-0.2, 0) is 27.9 Å². The van der Waals surface area contributed by atoms with Crippen molar-refractivity contribution in [3.8, 4) is 0 Å². The Morgan fingerprint density at radius 1 is 0.422 bits per heavy atom. The van der Waals surface area contributed by atoms with Gasteiger partial charge in [0.15, 0.2) is 0 Å². The first-order valence-electron chi connectivity index (χ1n) is 34.6. The molecule has 0 spiro atoms. The van der Waals surface area contributed by atoms with Gasteiger partial charge in [0.25, 0.3) is 0 Å². The van der Waals surface area contributed by atoms with E-state index < -0.39 is 20.0 Å². The molecule has 0 heterocycles. The summed E-state index contributed by atoms with van der Waals surface area (Å²) < 4.78 is 30.7. The molecule has 0 aromatic rings. The van der Waals surface area contributed by atoms with Crippen LogP contribution in [0.1, 0.15) is 303 Å². The maximum atomic E-state index is 13.6. The highest BCUT2D eigenvalue weighted by molar-refractivity contribution is 7.47. The molecule has 0 aliphatic rings. The van der Waals surface area contributed by atoms with Crippen molar-refractivity contribution >= 4 is 19.7 Å². The molecule has 0 saturated carbocycles. The number of ether oxygens (including phenoxy) is 1. The van der Waals surface area contributed by atoms with E-state index in [9.17, 15) is 19.0 Å². The molecule has 480 valence electrons. The number of hydrogen-bond acceptors (Lipinski definition) is 6. The van der Waals surface area contributed by atoms with Gasteiger partial charge in [-0.25, -0.2) is 4.57 Å². The lowest BCUT2D eigenvalue weighted by atomic mass is 10.0. The van der Waals surface area contributed by atoms with Gasteiger partial charge in [0.1, 0.15) is 19.3 Å². The van der Waals surface area contributed by atoms with Gasteiger partial charge in [0.05, 0.1) is 33.8 Å². The summed E-state index contributed by atoms with van der Waals surface area (Å²) in [6.07, 6.45) is 84.2. The molecule has 0 bridgehead atoms. The molecule has 0 aliphatic heterocycles. The standard InChI is InChI=1S/C73H131N2O7P/c1-7-10-13-16-19-22-25-27-29-31-33-34-35-36-37-38-39-40-42-43-45-47-50-53-56-59-62-65-72(76)74-70(69-81-83(78,79)80-68-67-75(4,5)6)71(64-61-58-55-52-49-24-21-18-15-12-9-3)82-73(77)66-63-60-57-54-51-48-46-44-41-32-30-28-26-23-20-17-14-11-8-2/h19-20,22-23,27-30,33-34,41,44,48,51,61,64,70-71H,7-18,21,24-26,31-32,35-40,42-43,45-47,49-50,52-60,62-63,65-69H2,1-6H3,(H-,74,76,78,79)/p+1/b22-19-,23-20-,29-27-,30-28-,34-33-,44-41-,51-48-,64-61-. The van der Waals surface area contributed by atoms with Gasteiger partial charge >= 0.3 is 13.8 Å². The van der Waals surface area contributed by atoms with Crippen LogP contribution < -0.4 is 5.32 Å². The van der Waals surface area contributed by atoms with Crippen molar-refractivity contribution in [2.75, 3.05) is 40.9 Å². The number of likely N-dealkylation sites (N-methyl/N-ethyl adjacent to an activating group) is 1. The van der Waals surface area contributed by atoms with E-state index in [1.165, 1.54) is 173 Å². The number of amides is 1. The predicted octanol–water partition coefficient (Wildman–Crippen LogP) is 21.9. The smallest absolute Gasteiger partial charge is 0.456 e. The third-order valence-corrected chi connectivity index (χ3v) is 16.0.